The van der Waals surface area contributed by atoms with Gasteiger partial charge in [-0.2, -0.15) is 9.67 Å². The van der Waals surface area contributed by atoms with Gasteiger partial charge in [-0.05, 0) is 62.3 Å². The van der Waals surface area contributed by atoms with Gasteiger partial charge in [-0.1, -0.05) is 18.6 Å². The first-order valence-electron chi connectivity index (χ1n) is 9.89. The van der Waals surface area contributed by atoms with Crippen LogP contribution < -0.4 is 15.8 Å². The molecule has 152 valence electrons. The third-order valence-electron chi connectivity index (χ3n) is 4.95. The highest BCUT2D eigenvalue weighted by Crippen LogP contribution is 2.21. The number of halogens is 1. The molecule has 1 aliphatic heterocycles. The Labute approximate surface area is 169 Å². The van der Waals surface area contributed by atoms with Crippen molar-refractivity contribution in [3.05, 3.63) is 54.3 Å². The van der Waals surface area contributed by atoms with Crippen molar-refractivity contribution in [2.45, 2.75) is 19.3 Å². The molecule has 0 saturated carbocycles. The van der Waals surface area contributed by atoms with Crippen molar-refractivity contribution in [3.63, 3.8) is 0 Å². The molecule has 0 spiro atoms. The molecule has 1 fully saturated rings. The predicted octanol–water partition coefficient (Wildman–Crippen LogP) is 3.60. The van der Waals surface area contributed by atoms with Crippen LogP contribution in [-0.4, -0.2) is 45.9 Å². The number of rotatable bonds is 7. The molecule has 0 radical (unpaired) electrons. The smallest absolute Gasteiger partial charge is 0.248 e. The third-order valence-corrected chi connectivity index (χ3v) is 4.95. The summed E-state index contributed by atoms with van der Waals surface area (Å²) in [6.07, 6.45) is 3.90. The van der Waals surface area contributed by atoms with E-state index in [0.29, 0.717) is 12.6 Å². The minimum absolute atomic E-state index is 0.107. The van der Waals surface area contributed by atoms with Gasteiger partial charge < -0.3 is 15.8 Å². The van der Waals surface area contributed by atoms with Gasteiger partial charge in [0.15, 0.2) is 0 Å². The Kier molecular flexibility index (Phi) is 5.90. The average Bonchev–Trinajstić information content (AvgIpc) is 3.10. The molecule has 8 heteroatoms. The molecule has 4 rings (SSSR count). The van der Waals surface area contributed by atoms with Gasteiger partial charge in [0.05, 0.1) is 0 Å². The first kappa shape index (κ1) is 19.2. The summed E-state index contributed by atoms with van der Waals surface area (Å²) in [5, 5.41) is 7.33. The van der Waals surface area contributed by atoms with Crippen molar-refractivity contribution < 1.29 is 9.13 Å². The Hall–Kier alpha value is -3.13. The van der Waals surface area contributed by atoms with E-state index in [1.165, 1.54) is 43.1 Å². The van der Waals surface area contributed by atoms with Crippen molar-refractivity contribution in [1.82, 2.24) is 19.7 Å². The van der Waals surface area contributed by atoms with E-state index >= 15 is 0 Å². The van der Waals surface area contributed by atoms with Gasteiger partial charge in [0.1, 0.15) is 23.9 Å². The number of aromatic nitrogens is 3. The maximum atomic E-state index is 14.0. The second-order valence-electron chi connectivity index (χ2n) is 7.06. The molecule has 2 heterocycles. The average molecular weight is 396 g/mol. The summed E-state index contributed by atoms with van der Waals surface area (Å²) in [6, 6.07) is 13.9. The Balaban J connectivity index is 1.34. The lowest BCUT2D eigenvalue weighted by Crippen LogP contribution is -2.33. The van der Waals surface area contributed by atoms with Gasteiger partial charge in [0, 0.05) is 12.2 Å². The Morgan fingerprint density at radius 1 is 1.03 bits per heavy atom. The number of piperidine rings is 1. The number of likely N-dealkylation sites (tertiary alicyclic amines) is 1. The Morgan fingerprint density at radius 2 is 1.79 bits per heavy atom. The lowest BCUT2D eigenvalue weighted by atomic mass is 10.1. The van der Waals surface area contributed by atoms with E-state index in [0.717, 1.165) is 18.0 Å². The van der Waals surface area contributed by atoms with Gasteiger partial charge in [-0.25, -0.2) is 4.39 Å². The lowest BCUT2D eigenvalue weighted by molar-refractivity contribution is 0.183. The van der Waals surface area contributed by atoms with Gasteiger partial charge in [-0.15, -0.1) is 5.10 Å². The van der Waals surface area contributed by atoms with Crippen molar-refractivity contribution in [3.8, 4) is 11.4 Å². The molecule has 0 bridgehead atoms. The number of ether oxygens (including phenoxy) is 1. The summed E-state index contributed by atoms with van der Waals surface area (Å²) < 4.78 is 21.1. The van der Waals surface area contributed by atoms with Crippen LogP contribution in [0.4, 0.5) is 22.0 Å². The SMILES string of the molecule is Nc1nc(Nc2ccc(OCCN3CCCCC3)cc2)nn1-c1ccccc1F. The molecule has 0 aliphatic carbocycles. The highest BCUT2D eigenvalue weighted by Gasteiger charge is 2.12. The zero-order valence-electron chi connectivity index (χ0n) is 16.2. The highest BCUT2D eigenvalue weighted by molar-refractivity contribution is 5.56. The van der Waals surface area contributed by atoms with Crippen LogP contribution in [0, 0.1) is 5.82 Å². The number of benzene rings is 2. The number of nitrogens with zero attached hydrogens (tertiary/aromatic N) is 4. The number of hydrogen-bond donors (Lipinski definition) is 2. The number of nitrogens with two attached hydrogens (primary N) is 1. The third kappa shape index (κ3) is 4.83. The topological polar surface area (TPSA) is 81.2 Å². The first-order valence-corrected chi connectivity index (χ1v) is 9.89. The fourth-order valence-electron chi connectivity index (χ4n) is 3.42. The zero-order chi connectivity index (χ0) is 20.1. The molecule has 0 unspecified atom stereocenters. The van der Waals surface area contributed by atoms with E-state index in [2.05, 4.69) is 20.3 Å². The largest absolute Gasteiger partial charge is 0.492 e. The van der Waals surface area contributed by atoms with Crippen molar-refractivity contribution >= 4 is 17.6 Å². The highest BCUT2D eigenvalue weighted by atomic mass is 19.1. The normalized spacial score (nSPS) is 14.7. The molecule has 7 nitrogen and oxygen atoms in total. The maximum Gasteiger partial charge on any atom is 0.248 e. The van der Waals surface area contributed by atoms with Crippen LogP contribution in [-0.2, 0) is 0 Å². The summed E-state index contributed by atoms with van der Waals surface area (Å²) in [5.74, 6) is 0.804. The maximum absolute atomic E-state index is 14.0. The predicted molar refractivity (Wildman–Crippen MR) is 111 cm³/mol. The molecule has 3 N–H and O–H groups in total. The second-order valence-corrected chi connectivity index (χ2v) is 7.06. The summed E-state index contributed by atoms with van der Waals surface area (Å²) in [5.41, 5.74) is 6.94. The molecule has 29 heavy (non-hydrogen) atoms. The van der Waals surface area contributed by atoms with E-state index in [1.807, 2.05) is 24.3 Å². The molecule has 1 aromatic heterocycles. The molecular formula is C21H25FN6O. The fraction of sp³-hybridized carbons (Fsp3) is 0.333. The number of nitrogens with one attached hydrogen (secondary N) is 1. The Bertz CT molecular complexity index is 937. The first-order chi connectivity index (χ1) is 14.2. The fourth-order valence-corrected chi connectivity index (χ4v) is 3.42. The number of anilines is 3. The van der Waals surface area contributed by atoms with Crippen LogP contribution in [0.1, 0.15) is 19.3 Å². The quantitative estimate of drug-likeness (QED) is 0.635. The van der Waals surface area contributed by atoms with Crippen LogP contribution in [0.5, 0.6) is 5.75 Å². The van der Waals surface area contributed by atoms with Gasteiger partial charge in [0.2, 0.25) is 11.9 Å². The zero-order valence-corrected chi connectivity index (χ0v) is 16.2. The molecule has 1 saturated heterocycles. The summed E-state index contributed by atoms with van der Waals surface area (Å²) in [4.78, 5) is 6.61. The van der Waals surface area contributed by atoms with Crippen molar-refractivity contribution in [1.29, 1.82) is 0 Å². The summed E-state index contributed by atoms with van der Waals surface area (Å²) >= 11 is 0. The molecule has 0 amide bonds. The number of nitrogen functional groups attached to an aromatic ring is 1. The van der Waals surface area contributed by atoms with Crippen LogP contribution in [0.25, 0.3) is 5.69 Å². The molecule has 0 atom stereocenters. The number of hydrogen-bond acceptors (Lipinski definition) is 6. The van der Waals surface area contributed by atoms with E-state index in [-0.39, 0.29) is 11.6 Å². The van der Waals surface area contributed by atoms with Crippen molar-refractivity contribution in [2.75, 3.05) is 37.3 Å². The summed E-state index contributed by atoms with van der Waals surface area (Å²) in [7, 11) is 0. The Morgan fingerprint density at radius 3 is 2.55 bits per heavy atom. The minimum atomic E-state index is -0.415. The van der Waals surface area contributed by atoms with Crippen LogP contribution in [0.3, 0.4) is 0 Å². The lowest BCUT2D eigenvalue weighted by Gasteiger charge is -2.26. The van der Waals surface area contributed by atoms with Gasteiger partial charge in [-0.3, -0.25) is 4.90 Å². The minimum Gasteiger partial charge on any atom is -0.492 e. The second kappa shape index (κ2) is 8.91. The molecule has 1 aliphatic rings. The van der Waals surface area contributed by atoms with Crippen molar-refractivity contribution in [2.24, 2.45) is 0 Å². The van der Waals surface area contributed by atoms with Crippen LogP contribution in [0.2, 0.25) is 0 Å². The summed E-state index contributed by atoms with van der Waals surface area (Å²) in [6.45, 7) is 3.97. The number of para-hydroxylation sites is 1. The van der Waals surface area contributed by atoms with E-state index in [4.69, 9.17) is 10.5 Å². The van der Waals surface area contributed by atoms with E-state index in [1.54, 1.807) is 18.2 Å². The molecule has 3 aromatic rings. The molecule has 2 aromatic carbocycles. The van der Waals surface area contributed by atoms with Crippen LogP contribution >= 0.6 is 0 Å². The standard InChI is InChI=1S/C21H25FN6O/c22-18-6-2-3-7-19(18)28-20(23)25-21(26-28)24-16-8-10-17(11-9-16)29-15-14-27-12-4-1-5-13-27/h2-3,6-11H,1,4-5,12-15H2,(H3,23,24,25,26). The van der Waals surface area contributed by atoms with Gasteiger partial charge in [0.25, 0.3) is 0 Å². The van der Waals surface area contributed by atoms with E-state index < -0.39 is 5.82 Å². The monoisotopic (exact) mass is 396 g/mol. The van der Waals surface area contributed by atoms with E-state index in [9.17, 15) is 4.39 Å². The van der Waals surface area contributed by atoms with Gasteiger partial charge >= 0.3 is 0 Å². The van der Waals surface area contributed by atoms with Crippen LogP contribution in [0.15, 0.2) is 48.5 Å². The molecular weight excluding hydrogens is 371 g/mol.